The van der Waals surface area contributed by atoms with E-state index in [-0.39, 0.29) is 5.54 Å². The molecule has 6 nitrogen and oxygen atoms in total. The predicted octanol–water partition coefficient (Wildman–Crippen LogP) is 2.28. The van der Waals surface area contributed by atoms with Gasteiger partial charge < -0.3 is 10.6 Å². The summed E-state index contributed by atoms with van der Waals surface area (Å²) in [5.74, 6) is 1.04. The summed E-state index contributed by atoms with van der Waals surface area (Å²) in [5, 5.41) is 16.4. The molecule has 0 saturated carbocycles. The number of aromatic nitrogens is 2. The van der Waals surface area contributed by atoms with Crippen molar-refractivity contribution in [3.63, 3.8) is 0 Å². The molecule has 0 aliphatic carbocycles. The second-order valence-corrected chi connectivity index (χ2v) is 5.40. The Labute approximate surface area is 116 Å². The summed E-state index contributed by atoms with van der Waals surface area (Å²) in [5.41, 5.74) is 0.123. The zero-order valence-electron chi connectivity index (χ0n) is 11.6. The van der Waals surface area contributed by atoms with Crippen LogP contribution in [0.1, 0.15) is 26.5 Å². The number of nitrogens with zero attached hydrogens (tertiary/aromatic N) is 3. The van der Waals surface area contributed by atoms with Crippen molar-refractivity contribution in [2.45, 2.75) is 26.3 Å². The number of carbonyl (C=O) groups is 1. The highest BCUT2D eigenvalue weighted by molar-refractivity contribution is 5.94. The van der Waals surface area contributed by atoms with Crippen molar-refractivity contribution in [2.24, 2.45) is 0 Å². The van der Waals surface area contributed by atoms with Gasteiger partial charge in [0.1, 0.15) is 23.4 Å². The molecular formula is C14H15N5O. The summed E-state index contributed by atoms with van der Waals surface area (Å²) < 4.78 is 0. The SMILES string of the molecule is CC(C)(C)Nc1nc(C#N)cc2cnc(NC=O)cc12. The van der Waals surface area contributed by atoms with Gasteiger partial charge in [0.2, 0.25) is 6.41 Å². The molecule has 2 rings (SSSR count). The van der Waals surface area contributed by atoms with Crippen LogP contribution in [0.15, 0.2) is 18.3 Å². The highest BCUT2D eigenvalue weighted by atomic mass is 16.1. The molecule has 20 heavy (non-hydrogen) atoms. The quantitative estimate of drug-likeness (QED) is 0.834. The second-order valence-electron chi connectivity index (χ2n) is 5.40. The van der Waals surface area contributed by atoms with E-state index in [0.29, 0.717) is 23.7 Å². The lowest BCUT2D eigenvalue weighted by molar-refractivity contribution is -0.105. The van der Waals surface area contributed by atoms with Gasteiger partial charge in [-0.25, -0.2) is 9.97 Å². The van der Waals surface area contributed by atoms with Crippen LogP contribution in [0.2, 0.25) is 0 Å². The summed E-state index contributed by atoms with van der Waals surface area (Å²) in [6.07, 6.45) is 2.18. The minimum Gasteiger partial charge on any atom is -0.365 e. The van der Waals surface area contributed by atoms with Gasteiger partial charge in [-0.3, -0.25) is 4.79 Å². The number of nitrogens with one attached hydrogen (secondary N) is 2. The zero-order chi connectivity index (χ0) is 14.8. The van der Waals surface area contributed by atoms with Crippen molar-refractivity contribution in [1.82, 2.24) is 9.97 Å². The minimum atomic E-state index is -0.199. The van der Waals surface area contributed by atoms with E-state index in [1.807, 2.05) is 26.8 Å². The van der Waals surface area contributed by atoms with Crippen molar-refractivity contribution in [3.8, 4) is 6.07 Å². The van der Waals surface area contributed by atoms with Crippen LogP contribution in [0.25, 0.3) is 10.8 Å². The number of anilines is 2. The van der Waals surface area contributed by atoms with Gasteiger partial charge in [0, 0.05) is 22.5 Å². The highest BCUT2D eigenvalue weighted by Crippen LogP contribution is 2.26. The fraction of sp³-hybridized carbons (Fsp3) is 0.286. The van der Waals surface area contributed by atoms with Gasteiger partial charge in [0.15, 0.2) is 0 Å². The summed E-state index contributed by atoms with van der Waals surface area (Å²) in [6.45, 7) is 6.02. The first kappa shape index (κ1) is 13.7. The molecular weight excluding hydrogens is 254 g/mol. The molecule has 0 spiro atoms. The molecule has 0 unspecified atom stereocenters. The molecule has 0 aliphatic rings. The van der Waals surface area contributed by atoms with Gasteiger partial charge in [0.05, 0.1) is 0 Å². The van der Waals surface area contributed by atoms with Crippen molar-refractivity contribution in [3.05, 3.63) is 24.0 Å². The van der Waals surface area contributed by atoms with Crippen LogP contribution in [0.5, 0.6) is 0 Å². The maximum Gasteiger partial charge on any atom is 0.212 e. The molecule has 0 aromatic carbocycles. The third-order valence-electron chi connectivity index (χ3n) is 2.53. The maximum atomic E-state index is 10.5. The standard InChI is InChI=1S/C14H15N5O/c1-14(2,3)19-13-11-5-12(17-8-20)16-7-9(11)4-10(6-15)18-13/h4-5,7-8H,1-3H3,(H,18,19)(H,16,17,20). The number of pyridine rings is 2. The Morgan fingerprint density at radius 2 is 2.10 bits per heavy atom. The molecule has 102 valence electrons. The van der Waals surface area contributed by atoms with Crippen LogP contribution in [0.4, 0.5) is 11.6 Å². The van der Waals surface area contributed by atoms with Crippen molar-refractivity contribution >= 4 is 28.8 Å². The van der Waals surface area contributed by atoms with Gasteiger partial charge in [-0.2, -0.15) is 5.26 Å². The van der Waals surface area contributed by atoms with E-state index >= 15 is 0 Å². The van der Waals surface area contributed by atoms with Crippen molar-refractivity contribution in [2.75, 3.05) is 10.6 Å². The third kappa shape index (κ3) is 3.01. The zero-order valence-corrected chi connectivity index (χ0v) is 11.6. The topological polar surface area (TPSA) is 90.7 Å². The Morgan fingerprint density at radius 3 is 2.70 bits per heavy atom. The number of fused-ring (bicyclic) bond motifs is 1. The van der Waals surface area contributed by atoms with Crippen LogP contribution in [0.3, 0.4) is 0 Å². The van der Waals surface area contributed by atoms with E-state index in [1.54, 1.807) is 18.3 Å². The van der Waals surface area contributed by atoms with E-state index in [4.69, 9.17) is 5.26 Å². The largest absolute Gasteiger partial charge is 0.365 e. The lowest BCUT2D eigenvalue weighted by Gasteiger charge is -2.22. The van der Waals surface area contributed by atoms with Gasteiger partial charge in [-0.15, -0.1) is 0 Å². The Balaban J connectivity index is 2.64. The third-order valence-corrected chi connectivity index (χ3v) is 2.53. The van der Waals surface area contributed by atoms with Crippen LogP contribution in [-0.2, 0) is 4.79 Å². The van der Waals surface area contributed by atoms with Gasteiger partial charge in [-0.05, 0) is 32.9 Å². The predicted molar refractivity (Wildman–Crippen MR) is 77.3 cm³/mol. The van der Waals surface area contributed by atoms with E-state index in [2.05, 4.69) is 20.6 Å². The Morgan fingerprint density at radius 1 is 1.35 bits per heavy atom. The van der Waals surface area contributed by atoms with Gasteiger partial charge in [0.25, 0.3) is 0 Å². The summed E-state index contributed by atoms with van der Waals surface area (Å²) in [7, 11) is 0. The second kappa shape index (κ2) is 5.13. The lowest BCUT2D eigenvalue weighted by Crippen LogP contribution is -2.27. The van der Waals surface area contributed by atoms with Crippen LogP contribution in [0, 0.1) is 11.3 Å². The first-order valence-electron chi connectivity index (χ1n) is 6.12. The van der Waals surface area contributed by atoms with Crippen LogP contribution >= 0.6 is 0 Å². The van der Waals surface area contributed by atoms with E-state index < -0.39 is 0 Å². The van der Waals surface area contributed by atoms with E-state index in [1.165, 1.54) is 0 Å². The molecule has 0 atom stereocenters. The Bertz CT molecular complexity index is 697. The summed E-state index contributed by atoms with van der Waals surface area (Å²) in [6, 6.07) is 5.43. The van der Waals surface area contributed by atoms with Crippen molar-refractivity contribution < 1.29 is 4.79 Å². The first-order chi connectivity index (χ1) is 9.43. The first-order valence-corrected chi connectivity index (χ1v) is 6.12. The Kier molecular flexibility index (Phi) is 3.53. The molecule has 0 bridgehead atoms. The number of nitriles is 1. The highest BCUT2D eigenvalue weighted by Gasteiger charge is 2.14. The van der Waals surface area contributed by atoms with Gasteiger partial charge >= 0.3 is 0 Å². The molecule has 2 heterocycles. The van der Waals surface area contributed by atoms with Crippen LogP contribution < -0.4 is 10.6 Å². The maximum absolute atomic E-state index is 10.5. The van der Waals surface area contributed by atoms with E-state index in [9.17, 15) is 4.79 Å². The molecule has 2 N–H and O–H groups in total. The summed E-state index contributed by atoms with van der Waals surface area (Å²) >= 11 is 0. The molecule has 2 aromatic heterocycles. The monoisotopic (exact) mass is 269 g/mol. The average Bonchev–Trinajstić information content (AvgIpc) is 2.37. The van der Waals surface area contributed by atoms with E-state index in [0.717, 1.165) is 10.8 Å². The van der Waals surface area contributed by atoms with Crippen molar-refractivity contribution in [1.29, 1.82) is 5.26 Å². The van der Waals surface area contributed by atoms with Crippen LogP contribution in [-0.4, -0.2) is 21.9 Å². The fourth-order valence-corrected chi connectivity index (χ4v) is 1.79. The number of rotatable bonds is 3. The number of hydrogen-bond acceptors (Lipinski definition) is 5. The molecule has 0 fully saturated rings. The van der Waals surface area contributed by atoms with Gasteiger partial charge in [-0.1, -0.05) is 0 Å². The molecule has 0 radical (unpaired) electrons. The smallest absolute Gasteiger partial charge is 0.212 e. The number of amides is 1. The normalized spacial score (nSPS) is 10.9. The lowest BCUT2D eigenvalue weighted by atomic mass is 10.1. The average molecular weight is 269 g/mol. The fourth-order valence-electron chi connectivity index (χ4n) is 1.79. The number of carbonyl (C=O) groups excluding carboxylic acids is 1. The molecule has 0 saturated heterocycles. The summed E-state index contributed by atoms with van der Waals surface area (Å²) in [4.78, 5) is 18.9. The minimum absolute atomic E-state index is 0.199. The number of hydrogen-bond donors (Lipinski definition) is 2. The molecule has 2 aromatic rings. The Hall–Kier alpha value is -2.68. The molecule has 1 amide bonds. The molecule has 0 aliphatic heterocycles. The molecule has 6 heteroatoms.